The van der Waals surface area contributed by atoms with Crippen LogP contribution in [-0.4, -0.2) is 50.7 Å². The number of piperazine rings is 1. The van der Waals surface area contributed by atoms with Gasteiger partial charge in [-0.1, -0.05) is 12.1 Å². The Morgan fingerprint density at radius 2 is 1.90 bits per heavy atom. The Hall–Kier alpha value is -1.40. The molecule has 0 unspecified atom stereocenters. The minimum Gasteiger partial charge on any atom is -0.336 e. The summed E-state index contributed by atoms with van der Waals surface area (Å²) < 4.78 is 22.7. The van der Waals surface area contributed by atoms with E-state index in [4.69, 9.17) is 0 Å². The average molecular weight is 310 g/mol. The Morgan fingerprint density at radius 3 is 2.48 bits per heavy atom. The van der Waals surface area contributed by atoms with Crippen molar-refractivity contribution in [2.75, 3.05) is 19.3 Å². The molecule has 1 amide bonds. The van der Waals surface area contributed by atoms with E-state index < -0.39 is 9.84 Å². The number of nitrogens with one attached hydrogen (secondary N) is 1. The molecular formula is C15H22N2O3S. The van der Waals surface area contributed by atoms with Gasteiger partial charge in [0.2, 0.25) is 0 Å². The number of rotatable bonds is 3. The van der Waals surface area contributed by atoms with Gasteiger partial charge in [0.25, 0.3) is 5.91 Å². The lowest BCUT2D eigenvalue weighted by molar-refractivity contribution is 0.0673. The maximum atomic E-state index is 12.6. The zero-order chi connectivity index (χ0) is 15.6. The molecular weight excluding hydrogens is 288 g/mol. The molecule has 0 saturated carbocycles. The van der Waals surface area contributed by atoms with E-state index in [-0.39, 0.29) is 23.7 Å². The van der Waals surface area contributed by atoms with Crippen LogP contribution in [0.3, 0.4) is 0 Å². The highest BCUT2D eigenvalue weighted by Crippen LogP contribution is 2.13. The molecule has 1 saturated heterocycles. The summed E-state index contributed by atoms with van der Waals surface area (Å²) >= 11 is 0. The Kier molecular flexibility index (Phi) is 4.68. The van der Waals surface area contributed by atoms with Gasteiger partial charge in [-0.2, -0.15) is 0 Å². The molecule has 0 radical (unpaired) electrons. The van der Waals surface area contributed by atoms with Gasteiger partial charge in [-0.3, -0.25) is 4.79 Å². The van der Waals surface area contributed by atoms with Crippen molar-refractivity contribution in [2.45, 2.75) is 31.7 Å². The molecule has 0 spiro atoms. The smallest absolute Gasteiger partial charge is 0.253 e. The minimum atomic E-state index is -3.10. The van der Waals surface area contributed by atoms with Crippen LogP contribution in [0, 0.1) is 0 Å². The van der Waals surface area contributed by atoms with Crippen LogP contribution in [-0.2, 0) is 15.6 Å². The molecule has 0 bridgehead atoms. The maximum absolute atomic E-state index is 12.6. The molecule has 1 aliphatic rings. The Labute approximate surface area is 126 Å². The second-order valence-corrected chi connectivity index (χ2v) is 8.09. The SMILES string of the molecule is C[C@H]1CN(C(=O)c2cccc(CS(C)(=O)=O)c2)C[C@H](C)N1. The number of carbonyl (C=O) groups is 1. The van der Waals surface area contributed by atoms with E-state index >= 15 is 0 Å². The third-order valence-electron chi connectivity index (χ3n) is 3.45. The van der Waals surface area contributed by atoms with Gasteiger partial charge in [-0.05, 0) is 31.5 Å². The third-order valence-corrected chi connectivity index (χ3v) is 4.31. The summed E-state index contributed by atoms with van der Waals surface area (Å²) in [5, 5.41) is 3.38. The van der Waals surface area contributed by atoms with Crippen LogP contribution in [0.1, 0.15) is 29.8 Å². The normalized spacial score (nSPS) is 23.1. The van der Waals surface area contributed by atoms with Crippen molar-refractivity contribution < 1.29 is 13.2 Å². The van der Waals surface area contributed by atoms with Crippen LogP contribution in [0.15, 0.2) is 24.3 Å². The molecule has 2 atom stereocenters. The summed E-state index contributed by atoms with van der Waals surface area (Å²) in [6, 6.07) is 7.42. The molecule has 116 valence electrons. The van der Waals surface area contributed by atoms with Crippen molar-refractivity contribution in [3.05, 3.63) is 35.4 Å². The molecule has 21 heavy (non-hydrogen) atoms. The van der Waals surface area contributed by atoms with E-state index in [2.05, 4.69) is 19.2 Å². The van der Waals surface area contributed by atoms with Crippen LogP contribution < -0.4 is 5.32 Å². The van der Waals surface area contributed by atoms with E-state index in [9.17, 15) is 13.2 Å². The van der Waals surface area contributed by atoms with Gasteiger partial charge >= 0.3 is 0 Å². The van der Waals surface area contributed by atoms with E-state index in [0.29, 0.717) is 24.2 Å². The standard InChI is InChI=1S/C15H22N2O3S/c1-11-8-17(9-12(2)16-11)15(18)14-6-4-5-13(7-14)10-21(3,19)20/h4-7,11-12,16H,8-10H2,1-3H3/t11-,12-/m0/s1. The summed E-state index contributed by atoms with van der Waals surface area (Å²) in [5.41, 5.74) is 1.21. The number of hydrogen-bond donors (Lipinski definition) is 1. The van der Waals surface area contributed by atoms with Crippen molar-refractivity contribution in [3.63, 3.8) is 0 Å². The van der Waals surface area contributed by atoms with E-state index in [0.717, 1.165) is 0 Å². The first-order chi connectivity index (χ1) is 9.74. The molecule has 1 aromatic carbocycles. The predicted molar refractivity (Wildman–Crippen MR) is 83.0 cm³/mol. The Balaban J connectivity index is 2.17. The monoisotopic (exact) mass is 310 g/mol. The van der Waals surface area contributed by atoms with Gasteiger partial charge in [0.05, 0.1) is 5.75 Å². The van der Waals surface area contributed by atoms with Crippen LogP contribution in [0.25, 0.3) is 0 Å². The molecule has 1 aromatic rings. The number of amides is 1. The quantitative estimate of drug-likeness (QED) is 0.906. The highest BCUT2D eigenvalue weighted by molar-refractivity contribution is 7.89. The largest absolute Gasteiger partial charge is 0.336 e. The van der Waals surface area contributed by atoms with Crippen molar-refractivity contribution in [2.24, 2.45) is 0 Å². The number of benzene rings is 1. The van der Waals surface area contributed by atoms with Gasteiger partial charge in [-0.15, -0.1) is 0 Å². The molecule has 1 aliphatic heterocycles. The molecule has 0 aromatic heterocycles. The highest BCUT2D eigenvalue weighted by atomic mass is 32.2. The Morgan fingerprint density at radius 1 is 1.29 bits per heavy atom. The van der Waals surface area contributed by atoms with Crippen LogP contribution in [0.2, 0.25) is 0 Å². The molecule has 6 heteroatoms. The predicted octanol–water partition coefficient (Wildman–Crippen LogP) is 1.05. The average Bonchev–Trinajstić information content (AvgIpc) is 2.35. The van der Waals surface area contributed by atoms with E-state index in [1.165, 1.54) is 6.26 Å². The first-order valence-corrected chi connectivity index (χ1v) is 9.12. The molecule has 2 rings (SSSR count). The summed E-state index contributed by atoms with van der Waals surface area (Å²) in [5.74, 6) is -0.0757. The highest BCUT2D eigenvalue weighted by Gasteiger charge is 2.25. The summed E-state index contributed by atoms with van der Waals surface area (Å²) in [4.78, 5) is 14.4. The molecule has 5 nitrogen and oxygen atoms in total. The lowest BCUT2D eigenvalue weighted by atomic mass is 10.1. The molecule has 1 N–H and O–H groups in total. The van der Waals surface area contributed by atoms with Gasteiger partial charge < -0.3 is 10.2 Å². The van der Waals surface area contributed by atoms with Crippen molar-refractivity contribution >= 4 is 15.7 Å². The maximum Gasteiger partial charge on any atom is 0.253 e. The Bertz CT molecular complexity index is 618. The zero-order valence-corrected chi connectivity index (χ0v) is 13.5. The van der Waals surface area contributed by atoms with Crippen molar-refractivity contribution in [3.8, 4) is 0 Å². The van der Waals surface area contributed by atoms with Gasteiger partial charge in [0.1, 0.15) is 0 Å². The van der Waals surface area contributed by atoms with E-state index in [1.54, 1.807) is 24.3 Å². The van der Waals surface area contributed by atoms with Crippen LogP contribution >= 0.6 is 0 Å². The fraction of sp³-hybridized carbons (Fsp3) is 0.533. The molecule has 0 aliphatic carbocycles. The molecule has 1 fully saturated rings. The molecule has 1 heterocycles. The lowest BCUT2D eigenvalue weighted by Gasteiger charge is -2.36. The second kappa shape index (κ2) is 6.15. The van der Waals surface area contributed by atoms with Crippen LogP contribution in [0.4, 0.5) is 0 Å². The van der Waals surface area contributed by atoms with E-state index in [1.807, 2.05) is 4.90 Å². The number of nitrogens with zero attached hydrogens (tertiary/aromatic N) is 1. The lowest BCUT2D eigenvalue weighted by Crippen LogP contribution is -2.55. The second-order valence-electron chi connectivity index (χ2n) is 5.95. The number of carbonyl (C=O) groups excluding carboxylic acids is 1. The third kappa shape index (κ3) is 4.54. The fourth-order valence-corrected chi connectivity index (χ4v) is 3.56. The minimum absolute atomic E-state index is 0.0365. The summed E-state index contributed by atoms with van der Waals surface area (Å²) in [7, 11) is -3.10. The summed E-state index contributed by atoms with van der Waals surface area (Å²) in [6.45, 7) is 5.44. The van der Waals surface area contributed by atoms with Gasteiger partial charge in [-0.25, -0.2) is 8.42 Å². The number of hydrogen-bond acceptors (Lipinski definition) is 4. The fourth-order valence-electron chi connectivity index (χ4n) is 2.77. The van der Waals surface area contributed by atoms with Gasteiger partial charge in [0.15, 0.2) is 9.84 Å². The zero-order valence-electron chi connectivity index (χ0n) is 12.7. The van der Waals surface area contributed by atoms with Gasteiger partial charge in [0, 0.05) is 37.0 Å². The van der Waals surface area contributed by atoms with Crippen molar-refractivity contribution in [1.29, 1.82) is 0 Å². The topological polar surface area (TPSA) is 66.5 Å². The summed E-state index contributed by atoms with van der Waals surface area (Å²) in [6.07, 6.45) is 1.20. The van der Waals surface area contributed by atoms with Crippen LogP contribution in [0.5, 0.6) is 0 Å². The first-order valence-electron chi connectivity index (χ1n) is 7.06. The number of sulfone groups is 1. The first kappa shape index (κ1) is 16.0. The van der Waals surface area contributed by atoms with Crippen molar-refractivity contribution in [1.82, 2.24) is 10.2 Å².